The van der Waals surface area contributed by atoms with E-state index in [-0.39, 0.29) is 0 Å². The summed E-state index contributed by atoms with van der Waals surface area (Å²) in [5.74, 6) is 3.30. The summed E-state index contributed by atoms with van der Waals surface area (Å²) in [5, 5.41) is 0. The summed E-state index contributed by atoms with van der Waals surface area (Å²) >= 11 is -2.26. The normalized spacial score (nSPS) is 24.0. The first-order valence-corrected chi connectivity index (χ1v) is 20.2. The molecule has 1 aliphatic carbocycles. The van der Waals surface area contributed by atoms with Crippen LogP contribution in [0.2, 0.25) is 13.3 Å². The van der Waals surface area contributed by atoms with Crippen LogP contribution in [0.1, 0.15) is 106 Å². The van der Waals surface area contributed by atoms with Gasteiger partial charge >= 0.3 is 183 Å². The summed E-state index contributed by atoms with van der Waals surface area (Å²) in [7, 11) is 0. The number of hydrogen-bond acceptors (Lipinski definition) is 1. The molecule has 1 aliphatic rings. The molecule has 3 atom stereocenters. The minimum absolute atomic E-state index is 0.763. The van der Waals surface area contributed by atoms with Crippen molar-refractivity contribution >= 4 is 18.4 Å². The molecule has 0 N–H and O–H groups in total. The first-order valence-electron chi connectivity index (χ1n) is 12.7. The molecule has 1 saturated carbocycles. The predicted molar refractivity (Wildman–Crippen MR) is 129 cm³/mol. The van der Waals surface area contributed by atoms with Crippen LogP contribution >= 0.6 is 0 Å². The van der Waals surface area contributed by atoms with Gasteiger partial charge in [0.2, 0.25) is 0 Å². The fourth-order valence-electron chi connectivity index (χ4n) is 5.53. The summed E-state index contributed by atoms with van der Waals surface area (Å²) in [5.41, 5.74) is 0. The van der Waals surface area contributed by atoms with Gasteiger partial charge in [-0.3, -0.25) is 0 Å². The number of hydrogen-bond donors (Lipinski definition) is 0. The topological polar surface area (TPSA) is 9.23 Å². The molecule has 166 valence electrons. The molecule has 1 rings (SSSR count). The molecule has 0 aromatic rings. The van der Waals surface area contributed by atoms with E-state index >= 15 is 0 Å². The van der Waals surface area contributed by atoms with Crippen LogP contribution in [0.25, 0.3) is 0 Å². The van der Waals surface area contributed by atoms with Crippen LogP contribution in [0.3, 0.4) is 0 Å². The number of unbranched alkanes of at least 4 members (excludes halogenated alkanes) is 3. The molecule has 0 radical (unpaired) electrons. The van der Waals surface area contributed by atoms with E-state index in [0.717, 1.165) is 30.3 Å². The van der Waals surface area contributed by atoms with Crippen molar-refractivity contribution in [3.05, 3.63) is 9.85 Å². The van der Waals surface area contributed by atoms with Gasteiger partial charge in [0.25, 0.3) is 0 Å². The van der Waals surface area contributed by atoms with E-state index in [1.807, 2.05) is 0 Å². The van der Waals surface area contributed by atoms with Gasteiger partial charge in [0.1, 0.15) is 0 Å². The maximum atomic E-state index is 6.40. The van der Waals surface area contributed by atoms with Crippen molar-refractivity contribution in [1.82, 2.24) is 0 Å². The third-order valence-electron chi connectivity index (χ3n) is 7.59. The Morgan fingerprint density at radius 1 is 0.964 bits per heavy atom. The molecule has 0 bridgehead atoms. The van der Waals surface area contributed by atoms with E-state index in [1.165, 1.54) is 57.8 Å². The molecule has 0 amide bonds. The molecule has 1 nitrogen and oxygen atoms in total. The fraction of sp³-hybridized carbons (Fsp3) is 0.923. The molecule has 0 unspecified atom stereocenters. The predicted octanol–water partition coefficient (Wildman–Crippen LogP) is 9.00. The van der Waals surface area contributed by atoms with Gasteiger partial charge in [0.15, 0.2) is 0 Å². The molecule has 28 heavy (non-hydrogen) atoms. The Morgan fingerprint density at radius 3 is 1.96 bits per heavy atom. The molecular weight excluding hydrogens is 447 g/mol. The summed E-state index contributed by atoms with van der Waals surface area (Å²) in [4.78, 5) is 0. The zero-order chi connectivity index (χ0) is 21.0. The van der Waals surface area contributed by atoms with E-state index in [2.05, 4.69) is 54.7 Å². The number of ether oxygens (including phenoxy) is 1. The van der Waals surface area contributed by atoms with Gasteiger partial charge in [-0.25, -0.2) is 0 Å². The molecule has 2 heteroatoms. The van der Waals surface area contributed by atoms with Gasteiger partial charge in [0.05, 0.1) is 0 Å². The van der Waals surface area contributed by atoms with Crippen LogP contribution in [-0.2, 0) is 4.74 Å². The van der Waals surface area contributed by atoms with Crippen molar-refractivity contribution in [2.75, 3.05) is 6.61 Å². The number of allylic oxidation sites excluding steroid dienone is 1. The average Bonchev–Trinajstić information content (AvgIpc) is 2.67. The number of rotatable bonds is 14. The molecule has 0 spiro atoms. The summed E-state index contributed by atoms with van der Waals surface area (Å²) in [6, 6.07) is 0. The second-order valence-corrected chi connectivity index (χ2v) is 24.2. The van der Waals surface area contributed by atoms with Gasteiger partial charge in [-0.2, -0.15) is 0 Å². The second kappa shape index (κ2) is 14.4. The summed E-state index contributed by atoms with van der Waals surface area (Å²) < 4.78 is 12.8. The summed E-state index contributed by atoms with van der Waals surface area (Å²) in [6.45, 7) is 17.8. The minimum atomic E-state index is -2.26. The molecular formula is C26H52OSn. The average molecular weight is 499 g/mol. The molecule has 0 heterocycles. The Hall–Kier alpha value is 0.339. The SMILES string of the molecule is CCC[CH2][Sn]([CH2]CCC)([CH2]CCC)/[C](C)=C/OC[C@H]1C[C@@H](C)CC[C@@H]1C(C)C. The van der Waals surface area contributed by atoms with Crippen LogP contribution < -0.4 is 0 Å². The van der Waals surface area contributed by atoms with Crippen molar-refractivity contribution in [2.45, 2.75) is 120 Å². The van der Waals surface area contributed by atoms with Crippen molar-refractivity contribution in [3.63, 3.8) is 0 Å². The van der Waals surface area contributed by atoms with Crippen molar-refractivity contribution < 1.29 is 4.74 Å². The Kier molecular flexibility index (Phi) is 13.5. The second-order valence-electron chi connectivity index (χ2n) is 10.3. The van der Waals surface area contributed by atoms with Crippen LogP contribution in [0, 0.1) is 23.7 Å². The Balaban J connectivity index is 2.83. The van der Waals surface area contributed by atoms with Crippen molar-refractivity contribution in [2.24, 2.45) is 23.7 Å². The molecule has 0 aromatic heterocycles. The van der Waals surface area contributed by atoms with E-state index in [1.54, 1.807) is 16.9 Å². The molecule has 0 aromatic carbocycles. The van der Waals surface area contributed by atoms with Crippen molar-refractivity contribution in [1.29, 1.82) is 0 Å². The fourth-order valence-corrected chi connectivity index (χ4v) is 20.8. The van der Waals surface area contributed by atoms with Gasteiger partial charge in [0, 0.05) is 0 Å². The molecule has 0 saturated heterocycles. The van der Waals surface area contributed by atoms with Crippen molar-refractivity contribution in [3.8, 4) is 0 Å². The monoisotopic (exact) mass is 500 g/mol. The first-order chi connectivity index (χ1) is 13.4. The molecule has 1 fully saturated rings. The third kappa shape index (κ3) is 8.60. The summed E-state index contributed by atoms with van der Waals surface area (Å²) in [6.07, 6.45) is 14.8. The van der Waals surface area contributed by atoms with E-state index in [0.29, 0.717) is 0 Å². The third-order valence-corrected chi connectivity index (χ3v) is 23.9. The van der Waals surface area contributed by atoms with E-state index in [9.17, 15) is 0 Å². The van der Waals surface area contributed by atoms with Gasteiger partial charge in [-0.1, -0.05) is 0 Å². The quantitative estimate of drug-likeness (QED) is 0.171. The van der Waals surface area contributed by atoms with Gasteiger partial charge in [-0.05, 0) is 0 Å². The van der Waals surface area contributed by atoms with E-state index in [4.69, 9.17) is 4.74 Å². The van der Waals surface area contributed by atoms with Crippen LogP contribution in [0.4, 0.5) is 0 Å². The zero-order valence-corrected chi connectivity index (χ0v) is 23.3. The first kappa shape index (κ1) is 26.4. The van der Waals surface area contributed by atoms with Gasteiger partial charge < -0.3 is 0 Å². The maximum absolute atomic E-state index is 6.40. The van der Waals surface area contributed by atoms with Crippen LogP contribution in [-0.4, -0.2) is 25.0 Å². The Bertz CT molecular complexity index is 406. The Labute approximate surface area is 182 Å². The molecule has 0 aliphatic heterocycles. The standard InChI is InChI=1S/C14H25O.3C4H9.Sn/c1-5-8-15-10-13-9-12(4)6-7-14(13)11(2)3;3*1-3-4-2;/h8,11-14H,6-7,9-10H2,1-4H3;3*1,3-4H2,2H3;/t12-,13+,14+;;;;/m0..../s1. The van der Waals surface area contributed by atoms with Crippen LogP contribution in [0.15, 0.2) is 9.85 Å². The van der Waals surface area contributed by atoms with Crippen LogP contribution in [0.5, 0.6) is 0 Å². The zero-order valence-electron chi connectivity index (χ0n) is 20.5. The van der Waals surface area contributed by atoms with Gasteiger partial charge in [-0.15, -0.1) is 0 Å². The van der Waals surface area contributed by atoms with E-state index < -0.39 is 18.4 Å². The Morgan fingerprint density at radius 2 is 1.50 bits per heavy atom.